The molecule has 2 aromatic rings. The topological polar surface area (TPSA) is 63.1 Å². The molecule has 25 heavy (non-hydrogen) atoms. The number of piperidine rings is 1. The van der Waals surface area contributed by atoms with Crippen molar-refractivity contribution in [3.8, 4) is 5.69 Å². The summed E-state index contributed by atoms with van der Waals surface area (Å²) in [6, 6.07) is 9.85. The number of benzene rings is 1. The number of hydrogen-bond donors (Lipinski definition) is 1. The highest BCUT2D eigenvalue weighted by atomic mass is 16.2. The zero-order chi connectivity index (χ0) is 17.8. The van der Waals surface area contributed by atoms with E-state index in [1.54, 1.807) is 4.68 Å². The van der Waals surface area contributed by atoms with Gasteiger partial charge in [0.2, 0.25) is 5.91 Å². The second-order valence-electron chi connectivity index (χ2n) is 7.27. The molecule has 1 fully saturated rings. The molecule has 1 aliphatic heterocycles. The van der Waals surface area contributed by atoms with E-state index in [4.69, 9.17) is 0 Å². The van der Waals surface area contributed by atoms with E-state index in [1.807, 2.05) is 48.4 Å². The molecule has 0 radical (unpaired) electrons. The molecule has 0 unspecified atom stereocenters. The van der Waals surface area contributed by atoms with Crippen LogP contribution in [0.15, 0.2) is 36.5 Å². The van der Waals surface area contributed by atoms with Crippen molar-refractivity contribution >= 4 is 5.91 Å². The van der Waals surface area contributed by atoms with Crippen molar-refractivity contribution in [2.45, 2.75) is 33.2 Å². The number of carbonyl (C=O) groups is 1. The minimum atomic E-state index is -0.0268. The van der Waals surface area contributed by atoms with Crippen LogP contribution in [0.2, 0.25) is 0 Å². The van der Waals surface area contributed by atoms with Gasteiger partial charge in [-0.1, -0.05) is 37.3 Å². The number of likely N-dealkylation sites (tertiary alicyclic amines) is 1. The fourth-order valence-corrected chi connectivity index (χ4v) is 3.51. The van der Waals surface area contributed by atoms with Crippen LogP contribution in [-0.2, 0) is 4.79 Å². The Bertz CT molecular complexity index is 689. The Morgan fingerprint density at radius 2 is 1.92 bits per heavy atom. The van der Waals surface area contributed by atoms with Crippen molar-refractivity contribution < 1.29 is 4.79 Å². The first-order chi connectivity index (χ1) is 12.0. The molecule has 1 amide bonds. The molecule has 0 bridgehead atoms. The molecular formula is C19H27N5O. The van der Waals surface area contributed by atoms with E-state index >= 15 is 0 Å². The van der Waals surface area contributed by atoms with Gasteiger partial charge in [0.05, 0.1) is 30.2 Å². The van der Waals surface area contributed by atoms with E-state index in [9.17, 15) is 4.79 Å². The highest BCUT2D eigenvalue weighted by Gasteiger charge is 2.25. The summed E-state index contributed by atoms with van der Waals surface area (Å²) in [4.78, 5) is 14.5. The zero-order valence-electron chi connectivity index (χ0n) is 15.2. The number of rotatable bonds is 5. The van der Waals surface area contributed by atoms with Crippen LogP contribution in [0, 0.1) is 11.8 Å². The van der Waals surface area contributed by atoms with Crippen molar-refractivity contribution in [2.24, 2.45) is 11.8 Å². The van der Waals surface area contributed by atoms with Crippen LogP contribution in [0.1, 0.15) is 38.9 Å². The van der Waals surface area contributed by atoms with Crippen molar-refractivity contribution in [2.75, 3.05) is 19.6 Å². The quantitative estimate of drug-likeness (QED) is 0.907. The standard InChI is InChI=1S/C19H27N5O/c1-14-9-15(2)12-23(11-14)19(25)10-20-16(3)18-13-24(22-21-18)17-7-5-4-6-8-17/h4-8,13-16,20H,9-12H2,1-3H3/t14-,15-,16+/m1/s1. The molecule has 1 saturated heterocycles. The molecule has 1 N–H and O–H groups in total. The van der Waals surface area contributed by atoms with Gasteiger partial charge >= 0.3 is 0 Å². The molecule has 2 heterocycles. The first kappa shape index (κ1) is 17.6. The smallest absolute Gasteiger partial charge is 0.236 e. The first-order valence-electron chi connectivity index (χ1n) is 9.01. The Hall–Kier alpha value is -2.21. The number of para-hydroxylation sites is 1. The number of carbonyl (C=O) groups excluding carboxylic acids is 1. The minimum absolute atomic E-state index is 0.0268. The maximum Gasteiger partial charge on any atom is 0.236 e. The lowest BCUT2D eigenvalue weighted by molar-refractivity contribution is -0.133. The van der Waals surface area contributed by atoms with E-state index < -0.39 is 0 Å². The number of aromatic nitrogens is 3. The largest absolute Gasteiger partial charge is 0.341 e. The first-order valence-corrected chi connectivity index (χ1v) is 9.01. The average molecular weight is 341 g/mol. The molecule has 0 saturated carbocycles. The Morgan fingerprint density at radius 1 is 1.24 bits per heavy atom. The van der Waals surface area contributed by atoms with Crippen molar-refractivity contribution in [3.05, 3.63) is 42.2 Å². The minimum Gasteiger partial charge on any atom is -0.341 e. The lowest BCUT2D eigenvalue weighted by Gasteiger charge is -2.35. The van der Waals surface area contributed by atoms with Gasteiger partial charge in [-0.25, -0.2) is 4.68 Å². The van der Waals surface area contributed by atoms with Gasteiger partial charge in [0.1, 0.15) is 0 Å². The van der Waals surface area contributed by atoms with Crippen LogP contribution in [0.4, 0.5) is 0 Å². The molecule has 1 aromatic heterocycles. The van der Waals surface area contributed by atoms with Crippen LogP contribution in [0.3, 0.4) is 0 Å². The molecule has 6 nitrogen and oxygen atoms in total. The van der Waals surface area contributed by atoms with Crippen LogP contribution >= 0.6 is 0 Å². The number of nitrogens with one attached hydrogen (secondary N) is 1. The summed E-state index contributed by atoms with van der Waals surface area (Å²) < 4.78 is 1.75. The predicted molar refractivity (Wildman–Crippen MR) is 97.3 cm³/mol. The van der Waals surface area contributed by atoms with Gasteiger partial charge in [-0.2, -0.15) is 0 Å². The van der Waals surface area contributed by atoms with E-state index in [0.29, 0.717) is 18.4 Å². The van der Waals surface area contributed by atoms with Gasteiger partial charge in [0, 0.05) is 13.1 Å². The van der Waals surface area contributed by atoms with Gasteiger partial charge in [0.15, 0.2) is 0 Å². The second kappa shape index (κ2) is 7.78. The summed E-state index contributed by atoms with van der Waals surface area (Å²) in [7, 11) is 0. The monoisotopic (exact) mass is 341 g/mol. The average Bonchev–Trinajstić information content (AvgIpc) is 3.09. The number of hydrogen-bond acceptors (Lipinski definition) is 4. The SMILES string of the molecule is C[C@@H]1C[C@@H](C)CN(C(=O)CN[C@@H](C)c2cn(-c3ccccc3)nn2)C1. The summed E-state index contributed by atoms with van der Waals surface area (Å²) in [5, 5.41) is 11.7. The molecule has 6 heteroatoms. The third kappa shape index (κ3) is 4.45. The molecule has 0 spiro atoms. The van der Waals surface area contributed by atoms with Gasteiger partial charge in [-0.3, -0.25) is 4.79 Å². The van der Waals surface area contributed by atoms with Gasteiger partial charge in [-0.05, 0) is 37.3 Å². The molecule has 3 rings (SSSR count). The Morgan fingerprint density at radius 3 is 2.60 bits per heavy atom. The lowest BCUT2D eigenvalue weighted by Crippen LogP contribution is -2.46. The Kier molecular flexibility index (Phi) is 5.48. The summed E-state index contributed by atoms with van der Waals surface area (Å²) in [5.41, 5.74) is 1.80. The Balaban J connectivity index is 1.55. The van der Waals surface area contributed by atoms with Gasteiger partial charge < -0.3 is 10.2 Å². The highest BCUT2D eigenvalue weighted by molar-refractivity contribution is 5.78. The molecule has 1 aromatic carbocycles. The predicted octanol–water partition coefficient (Wildman–Crippen LogP) is 2.42. The summed E-state index contributed by atoms with van der Waals surface area (Å²) in [5.74, 6) is 1.33. The van der Waals surface area contributed by atoms with E-state index in [2.05, 4.69) is 29.5 Å². The molecular weight excluding hydrogens is 314 g/mol. The lowest BCUT2D eigenvalue weighted by atomic mass is 9.92. The number of amides is 1. The van der Waals surface area contributed by atoms with Crippen LogP contribution in [0.5, 0.6) is 0 Å². The molecule has 134 valence electrons. The molecule has 1 aliphatic rings. The van der Waals surface area contributed by atoms with Crippen molar-refractivity contribution in [3.63, 3.8) is 0 Å². The summed E-state index contributed by atoms with van der Waals surface area (Å²) in [6.07, 6.45) is 3.11. The van der Waals surface area contributed by atoms with Crippen LogP contribution in [0.25, 0.3) is 5.69 Å². The van der Waals surface area contributed by atoms with E-state index in [-0.39, 0.29) is 11.9 Å². The molecule has 0 aliphatic carbocycles. The Labute approximate surface area is 149 Å². The zero-order valence-corrected chi connectivity index (χ0v) is 15.2. The van der Waals surface area contributed by atoms with E-state index in [0.717, 1.165) is 24.5 Å². The fraction of sp³-hybridized carbons (Fsp3) is 0.526. The third-order valence-electron chi connectivity index (χ3n) is 4.76. The van der Waals surface area contributed by atoms with Crippen LogP contribution in [-0.4, -0.2) is 45.4 Å². The highest BCUT2D eigenvalue weighted by Crippen LogP contribution is 2.21. The normalized spacial score (nSPS) is 22.0. The van der Waals surface area contributed by atoms with Gasteiger partial charge in [0.25, 0.3) is 0 Å². The van der Waals surface area contributed by atoms with E-state index in [1.165, 1.54) is 6.42 Å². The van der Waals surface area contributed by atoms with Crippen LogP contribution < -0.4 is 5.32 Å². The third-order valence-corrected chi connectivity index (χ3v) is 4.76. The van der Waals surface area contributed by atoms with Crippen molar-refractivity contribution in [1.29, 1.82) is 0 Å². The fourth-order valence-electron chi connectivity index (χ4n) is 3.51. The maximum absolute atomic E-state index is 12.5. The summed E-state index contributed by atoms with van der Waals surface area (Å²) >= 11 is 0. The second-order valence-corrected chi connectivity index (χ2v) is 7.27. The summed E-state index contributed by atoms with van der Waals surface area (Å²) in [6.45, 7) is 8.50. The number of nitrogens with zero attached hydrogens (tertiary/aromatic N) is 4. The van der Waals surface area contributed by atoms with Crippen molar-refractivity contribution in [1.82, 2.24) is 25.2 Å². The van der Waals surface area contributed by atoms with Gasteiger partial charge in [-0.15, -0.1) is 5.10 Å². The molecule has 3 atom stereocenters. The maximum atomic E-state index is 12.5.